The van der Waals surface area contributed by atoms with Crippen LogP contribution in [-0.4, -0.2) is 46.7 Å². The van der Waals surface area contributed by atoms with Gasteiger partial charge in [0, 0.05) is 13.0 Å². The third-order valence-corrected chi connectivity index (χ3v) is 3.57. The molecule has 4 unspecified atom stereocenters. The third-order valence-electron chi connectivity index (χ3n) is 3.57. The molecular weight excluding hydrogens is 200 g/mol. The zero-order valence-electron chi connectivity index (χ0n) is 8.96. The smallest absolute Gasteiger partial charge is 0.184 e. The Bertz CT molecular complexity index is 234. The molecule has 1 aliphatic carbocycles. The van der Waals surface area contributed by atoms with Crippen LogP contribution >= 0.6 is 0 Å². The zero-order chi connectivity index (χ0) is 11.2. The molecule has 0 bridgehead atoms. The van der Waals surface area contributed by atoms with Crippen LogP contribution in [0.4, 0.5) is 0 Å². The molecule has 0 spiro atoms. The molecule has 1 saturated heterocycles. The normalized spacial score (nSPS) is 53.8. The molecule has 5 nitrogen and oxygen atoms in total. The molecule has 3 N–H and O–H groups in total. The van der Waals surface area contributed by atoms with Gasteiger partial charge < -0.3 is 24.8 Å². The molecule has 88 valence electrons. The summed E-state index contributed by atoms with van der Waals surface area (Å²) in [5, 5.41) is 29.7. The van der Waals surface area contributed by atoms with E-state index in [1.54, 1.807) is 0 Å². The summed E-state index contributed by atoms with van der Waals surface area (Å²) in [6.45, 7) is 1.96. The van der Waals surface area contributed by atoms with Crippen molar-refractivity contribution in [2.24, 2.45) is 11.8 Å². The molecule has 2 fully saturated rings. The molecule has 1 saturated carbocycles. The minimum absolute atomic E-state index is 0.422. The molecule has 5 heteroatoms. The van der Waals surface area contributed by atoms with Crippen molar-refractivity contribution in [3.8, 4) is 0 Å². The van der Waals surface area contributed by atoms with E-state index in [1.807, 2.05) is 6.92 Å². The molecule has 0 radical (unpaired) electrons. The first-order valence-corrected chi connectivity index (χ1v) is 5.35. The van der Waals surface area contributed by atoms with Crippen LogP contribution in [0.3, 0.4) is 0 Å². The van der Waals surface area contributed by atoms with Crippen molar-refractivity contribution in [3.05, 3.63) is 0 Å². The molecule has 6 atom stereocenters. The molecule has 1 heterocycles. The van der Waals surface area contributed by atoms with Gasteiger partial charge in [0.2, 0.25) is 0 Å². The van der Waals surface area contributed by atoms with E-state index < -0.39 is 36.1 Å². The number of aliphatic hydroxyl groups excluding tert-OH is 2. The number of ether oxygens (including phenoxy) is 2. The maximum Gasteiger partial charge on any atom is 0.184 e. The van der Waals surface area contributed by atoms with E-state index in [0.717, 1.165) is 6.42 Å². The Morgan fingerprint density at radius 3 is 2.53 bits per heavy atom. The monoisotopic (exact) mass is 218 g/mol. The molecule has 0 aromatic heterocycles. The number of rotatable bonds is 3. The van der Waals surface area contributed by atoms with E-state index in [-0.39, 0.29) is 0 Å². The van der Waals surface area contributed by atoms with Crippen LogP contribution in [0, 0.1) is 11.8 Å². The topological polar surface area (TPSA) is 79.2 Å². The number of hydrogen-bond donors (Lipinski definition) is 3. The van der Waals surface area contributed by atoms with Crippen LogP contribution in [0.15, 0.2) is 0 Å². The highest BCUT2D eigenvalue weighted by Crippen LogP contribution is 2.54. The van der Waals surface area contributed by atoms with Crippen LogP contribution in [0.1, 0.15) is 19.8 Å². The minimum Gasteiger partial charge on any atom is -0.390 e. The van der Waals surface area contributed by atoms with Gasteiger partial charge in [-0.1, -0.05) is 13.3 Å². The van der Waals surface area contributed by atoms with Crippen molar-refractivity contribution in [1.29, 1.82) is 0 Å². The average Bonchev–Trinajstić information content (AvgIpc) is 2.31. The summed E-state index contributed by atoms with van der Waals surface area (Å²) >= 11 is 0. The van der Waals surface area contributed by atoms with E-state index in [2.05, 4.69) is 0 Å². The molecule has 0 amide bonds. The Hall–Kier alpha value is -0.200. The second-order valence-electron chi connectivity index (χ2n) is 4.38. The Morgan fingerprint density at radius 2 is 2.00 bits per heavy atom. The van der Waals surface area contributed by atoms with E-state index in [1.165, 1.54) is 7.11 Å². The summed E-state index contributed by atoms with van der Waals surface area (Å²) in [5.74, 6) is -2.36. The van der Waals surface area contributed by atoms with Gasteiger partial charge >= 0.3 is 0 Å². The van der Waals surface area contributed by atoms with Crippen LogP contribution in [-0.2, 0) is 9.47 Å². The summed E-state index contributed by atoms with van der Waals surface area (Å²) < 4.78 is 10.2. The highest BCUT2D eigenvalue weighted by atomic mass is 16.8. The van der Waals surface area contributed by atoms with Gasteiger partial charge in [-0.05, 0) is 6.42 Å². The van der Waals surface area contributed by atoms with Gasteiger partial charge in [-0.15, -0.1) is 0 Å². The van der Waals surface area contributed by atoms with Crippen molar-refractivity contribution in [2.45, 2.75) is 44.1 Å². The van der Waals surface area contributed by atoms with Crippen LogP contribution in [0.5, 0.6) is 0 Å². The summed E-state index contributed by atoms with van der Waals surface area (Å²) in [6.07, 6.45) is -1.06. The van der Waals surface area contributed by atoms with Crippen molar-refractivity contribution in [1.82, 2.24) is 0 Å². The van der Waals surface area contributed by atoms with Gasteiger partial charge in [-0.3, -0.25) is 0 Å². The number of hydrogen-bond acceptors (Lipinski definition) is 5. The molecule has 2 aliphatic rings. The van der Waals surface area contributed by atoms with Crippen LogP contribution < -0.4 is 0 Å². The number of fused-ring (bicyclic) bond motifs is 1. The largest absolute Gasteiger partial charge is 0.390 e. The quantitative estimate of drug-likeness (QED) is 0.592. The maximum absolute atomic E-state index is 10.2. The Labute approximate surface area is 88.6 Å². The SMILES string of the molecule is CCCC1[C@@H](O)C(O)C2[C@@H](OC)OC21O. The fourth-order valence-electron chi connectivity index (χ4n) is 2.78. The van der Waals surface area contributed by atoms with E-state index >= 15 is 0 Å². The van der Waals surface area contributed by atoms with Crippen molar-refractivity contribution in [3.63, 3.8) is 0 Å². The van der Waals surface area contributed by atoms with E-state index in [0.29, 0.717) is 6.42 Å². The fourth-order valence-corrected chi connectivity index (χ4v) is 2.78. The van der Waals surface area contributed by atoms with Gasteiger partial charge in [0.05, 0.1) is 18.1 Å². The van der Waals surface area contributed by atoms with Gasteiger partial charge in [0.1, 0.15) is 0 Å². The molecule has 0 aromatic carbocycles. The average molecular weight is 218 g/mol. The van der Waals surface area contributed by atoms with Crippen molar-refractivity contribution < 1.29 is 24.8 Å². The van der Waals surface area contributed by atoms with Crippen LogP contribution in [0.2, 0.25) is 0 Å². The summed E-state index contributed by atoms with van der Waals surface area (Å²) in [5.41, 5.74) is 0. The van der Waals surface area contributed by atoms with E-state index in [9.17, 15) is 15.3 Å². The second kappa shape index (κ2) is 3.68. The molecule has 2 rings (SSSR count). The highest BCUT2D eigenvalue weighted by Gasteiger charge is 2.70. The van der Waals surface area contributed by atoms with Gasteiger partial charge in [-0.2, -0.15) is 0 Å². The van der Waals surface area contributed by atoms with Crippen LogP contribution in [0.25, 0.3) is 0 Å². The van der Waals surface area contributed by atoms with Crippen molar-refractivity contribution in [2.75, 3.05) is 7.11 Å². The first kappa shape index (κ1) is 11.3. The summed E-state index contributed by atoms with van der Waals surface area (Å²) in [6, 6.07) is 0. The molecular formula is C10H18O5. The number of aliphatic hydroxyl groups is 3. The lowest BCUT2D eigenvalue weighted by Crippen LogP contribution is -2.63. The Morgan fingerprint density at radius 1 is 1.33 bits per heavy atom. The predicted octanol–water partition coefficient (Wildman–Crippen LogP) is -0.554. The zero-order valence-corrected chi connectivity index (χ0v) is 8.96. The maximum atomic E-state index is 10.2. The summed E-state index contributed by atoms with van der Waals surface area (Å²) in [4.78, 5) is 0. The van der Waals surface area contributed by atoms with E-state index in [4.69, 9.17) is 9.47 Å². The lowest BCUT2D eigenvalue weighted by Gasteiger charge is -2.49. The lowest BCUT2D eigenvalue weighted by atomic mass is 9.87. The van der Waals surface area contributed by atoms with Gasteiger partial charge in [-0.25, -0.2) is 0 Å². The first-order valence-electron chi connectivity index (χ1n) is 5.35. The predicted molar refractivity (Wildman–Crippen MR) is 50.7 cm³/mol. The second-order valence-corrected chi connectivity index (χ2v) is 4.38. The molecule has 15 heavy (non-hydrogen) atoms. The highest BCUT2D eigenvalue weighted by molar-refractivity contribution is 5.09. The minimum atomic E-state index is -1.41. The van der Waals surface area contributed by atoms with Crippen molar-refractivity contribution >= 4 is 0 Å². The molecule has 1 aliphatic heterocycles. The lowest BCUT2D eigenvalue weighted by molar-refractivity contribution is -0.433. The van der Waals surface area contributed by atoms with Gasteiger partial charge in [0.25, 0.3) is 0 Å². The van der Waals surface area contributed by atoms with Gasteiger partial charge in [0.15, 0.2) is 12.1 Å². The summed E-state index contributed by atoms with van der Waals surface area (Å²) in [7, 11) is 1.45. The first-order chi connectivity index (χ1) is 7.06. The standard InChI is InChI=1S/C10H18O5/c1-3-4-5-7(11)8(12)6-9(14-2)15-10(5,6)13/h5-9,11-13H,3-4H2,1-2H3/t5?,6?,7-,8?,9+,10?/m1/s1. The third kappa shape index (κ3) is 1.34. The molecule has 0 aromatic rings. The fraction of sp³-hybridized carbons (Fsp3) is 1.00. The Balaban J connectivity index is 2.17. The number of methoxy groups -OCH3 is 1. The Kier molecular flexibility index (Phi) is 2.77.